The van der Waals surface area contributed by atoms with Crippen molar-refractivity contribution in [2.24, 2.45) is 11.8 Å². The molecule has 0 bridgehead atoms. The lowest BCUT2D eigenvalue weighted by Crippen LogP contribution is -2.32. The fourth-order valence-corrected chi connectivity index (χ4v) is 6.01. The molecule has 40 heavy (non-hydrogen) atoms. The predicted molar refractivity (Wildman–Crippen MR) is 146 cm³/mol. The van der Waals surface area contributed by atoms with Crippen molar-refractivity contribution in [3.8, 4) is 11.6 Å². The van der Waals surface area contributed by atoms with Crippen molar-refractivity contribution < 1.29 is 31.4 Å². The number of aryl methyl sites for hydroxylation is 1. The van der Waals surface area contributed by atoms with Gasteiger partial charge in [0.15, 0.2) is 11.6 Å². The van der Waals surface area contributed by atoms with Crippen LogP contribution in [0.2, 0.25) is 0 Å². The van der Waals surface area contributed by atoms with Gasteiger partial charge in [0, 0.05) is 11.6 Å². The third-order valence-corrected chi connectivity index (χ3v) is 8.50. The lowest BCUT2D eigenvalue weighted by atomic mass is 9.77. The minimum absolute atomic E-state index is 0.0208. The highest BCUT2D eigenvalue weighted by atomic mass is 19.3. The van der Waals surface area contributed by atoms with E-state index in [0.29, 0.717) is 13.0 Å². The maximum Gasteiger partial charge on any atom is 0.284 e. The minimum atomic E-state index is -3.77. The van der Waals surface area contributed by atoms with Crippen LogP contribution >= 0.6 is 0 Å². The molecule has 0 amide bonds. The summed E-state index contributed by atoms with van der Waals surface area (Å²) < 4.78 is 86.8. The van der Waals surface area contributed by atoms with Crippen molar-refractivity contribution in [2.45, 2.75) is 109 Å². The third-order valence-electron chi connectivity index (χ3n) is 8.50. The summed E-state index contributed by atoms with van der Waals surface area (Å²) in [6, 6.07) is 3.66. The number of benzene rings is 1. The van der Waals surface area contributed by atoms with Crippen molar-refractivity contribution >= 4 is 0 Å². The summed E-state index contributed by atoms with van der Waals surface area (Å²) >= 11 is 0. The lowest BCUT2D eigenvalue weighted by molar-refractivity contribution is -0.0487. The summed E-state index contributed by atoms with van der Waals surface area (Å²) in [5.74, 6) is -8.12. The van der Waals surface area contributed by atoms with Gasteiger partial charge in [0.2, 0.25) is 17.6 Å². The molecule has 2 unspecified atom stereocenters. The van der Waals surface area contributed by atoms with Gasteiger partial charge in [0.1, 0.15) is 0 Å². The van der Waals surface area contributed by atoms with E-state index in [4.69, 9.17) is 9.47 Å². The number of hydrogen-bond acceptors (Lipinski definition) is 3. The monoisotopic (exact) mass is 567 g/mol. The van der Waals surface area contributed by atoms with Gasteiger partial charge >= 0.3 is 0 Å². The van der Waals surface area contributed by atoms with E-state index in [9.17, 15) is 13.2 Å². The van der Waals surface area contributed by atoms with Crippen LogP contribution in [0.15, 0.2) is 18.2 Å². The molecule has 4 rings (SSSR count). The van der Waals surface area contributed by atoms with Gasteiger partial charge in [-0.25, -0.2) is 13.2 Å². The Morgan fingerprint density at radius 1 is 0.900 bits per heavy atom. The van der Waals surface area contributed by atoms with Crippen LogP contribution in [0.3, 0.4) is 0 Å². The number of rotatable bonds is 16. The number of unbranched alkanes of at least 4 members (excludes halogenated alkanes) is 5. The van der Waals surface area contributed by atoms with Crippen molar-refractivity contribution in [3.63, 3.8) is 0 Å². The van der Waals surface area contributed by atoms with Gasteiger partial charge in [-0.15, -0.1) is 0 Å². The van der Waals surface area contributed by atoms with Crippen molar-refractivity contribution in [2.75, 3.05) is 13.2 Å². The molecular formula is C32H42F5NO2. The van der Waals surface area contributed by atoms with E-state index in [1.165, 1.54) is 37.8 Å². The zero-order valence-electron chi connectivity index (χ0n) is 23.7. The zero-order chi connectivity index (χ0) is 28.7. The van der Waals surface area contributed by atoms with Gasteiger partial charge < -0.3 is 9.47 Å². The highest BCUT2D eigenvalue weighted by Crippen LogP contribution is 2.51. The fourth-order valence-electron chi connectivity index (χ4n) is 6.01. The van der Waals surface area contributed by atoms with Crippen LogP contribution in [0.5, 0.6) is 11.6 Å². The molecule has 0 aliphatic heterocycles. The molecular weight excluding hydrogens is 525 g/mol. The van der Waals surface area contributed by atoms with E-state index in [1.54, 1.807) is 0 Å². The number of fused-ring (bicyclic) bond motifs is 1. The standard InChI is InChI=1S/C32H42F5NO2/c1-3-5-6-9-18-39-26-17-15-24(29(33)30(26)34)25-16-14-23-20-27(38-31(35)28(23)32(25,36)37)40-19-10-7-8-11-21(4-2)22-12-13-22/h15,17,20-22,25H,3-14,16,18-19H2,1-2H3. The Labute approximate surface area is 234 Å². The van der Waals surface area contributed by atoms with Gasteiger partial charge in [-0.1, -0.05) is 64.9 Å². The molecule has 2 aliphatic rings. The number of halogens is 5. The van der Waals surface area contributed by atoms with Gasteiger partial charge in [0.25, 0.3) is 5.92 Å². The van der Waals surface area contributed by atoms with Crippen LogP contribution in [0, 0.1) is 29.4 Å². The third kappa shape index (κ3) is 7.27. The number of nitrogens with zero attached hydrogens (tertiary/aromatic N) is 1. The van der Waals surface area contributed by atoms with Crippen LogP contribution < -0.4 is 9.47 Å². The average Bonchev–Trinajstić information content (AvgIpc) is 3.76. The molecule has 1 aromatic carbocycles. The number of aromatic nitrogens is 1. The number of ether oxygens (including phenoxy) is 2. The maximum absolute atomic E-state index is 15.6. The first-order valence-electron chi connectivity index (χ1n) is 15.1. The van der Waals surface area contributed by atoms with Crippen molar-refractivity contribution in [1.82, 2.24) is 4.98 Å². The molecule has 1 fully saturated rings. The van der Waals surface area contributed by atoms with E-state index in [0.717, 1.165) is 56.4 Å². The first-order chi connectivity index (χ1) is 19.3. The molecule has 2 aromatic rings. The molecule has 0 spiro atoms. The SMILES string of the molecule is CCCCCCOc1ccc(C2CCc3cc(OCCCCCC(CC)C4CC4)nc(F)c3C2(F)F)c(F)c1F. The van der Waals surface area contributed by atoms with E-state index in [2.05, 4.69) is 18.8 Å². The summed E-state index contributed by atoms with van der Waals surface area (Å²) in [7, 11) is 0. The Balaban J connectivity index is 1.36. The molecule has 1 saturated carbocycles. The van der Waals surface area contributed by atoms with E-state index < -0.39 is 40.5 Å². The largest absolute Gasteiger partial charge is 0.490 e. The first-order valence-corrected chi connectivity index (χ1v) is 15.1. The number of pyridine rings is 1. The summed E-state index contributed by atoms with van der Waals surface area (Å²) in [6.45, 7) is 4.85. The van der Waals surface area contributed by atoms with Crippen LogP contribution in [-0.4, -0.2) is 18.2 Å². The molecule has 1 heterocycles. The van der Waals surface area contributed by atoms with Gasteiger partial charge in [-0.2, -0.15) is 13.8 Å². The topological polar surface area (TPSA) is 31.4 Å². The molecule has 0 N–H and O–H groups in total. The number of hydrogen-bond donors (Lipinski definition) is 0. The zero-order valence-corrected chi connectivity index (χ0v) is 23.7. The molecule has 3 nitrogen and oxygen atoms in total. The Hall–Kier alpha value is -2.38. The summed E-state index contributed by atoms with van der Waals surface area (Å²) in [4.78, 5) is 3.65. The summed E-state index contributed by atoms with van der Waals surface area (Å²) in [6.07, 6.45) is 11.5. The Bertz CT molecular complexity index is 1120. The molecule has 8 heteroatoms. The summed E-state index contributed by atoms with van der Waals surface area (Å²) in [5, 5.41) is 0. The minimum Gasteiger partial charge on any atom is -0.490 e. The van der Waals surface area contributed by atoms with Crippen LogP contribution in [-0.2, 0) is 12.3 Å². The summed E-state index contributed by atoms with van der Waals surface area (Å²) in [5.41, 5.74) is -1.26. The Morgan fingerprint density at radius 2 is 1.62 bits per heavy atom. The quantitative estimate of drug-likeness (QED) is 0.115. The van der Waals surface area contributed by atoms with E-state index >= 15 is 8.78 Å². The van der Waals surface area contributed by atoms with E-state index in [1.807, 2.05) is 0 Å². The first kappa shape index (κ1) is 30.6. The highest BCUT2D eigenvalue weighted by molar-refractivity contribution is 5.42. The molecule has 0 saturated heterocycles. The Morgan fingerprint density at radius 3 is 2.33 bits per heavy atom. The second-order valence-electron chi connectivity index (χ2n) is 11.4. The predicted octanol–water partition coefficient (Wildman–Crippen LogP) is 9.66. The highest BCUT2D eigenvalue weighted by Gasteiger charge is 2.50. The fraction of sp³-hybridized carbons (Fsp3) is 0.656. The van der Waals surface area contributed by atoms with Crippen LogP contribution in [0.25, 0.3) is 0 Å². The Kier molecular flexibility index (Phi) is 10.7. The molecule has 0 radical (unpaired) electrons. The maximum atomic E-state index is 15.6. The molecule has 2 aliphatic carbocycles. The average molecular weight is 568 g/mol. The van der Waals surface area contributed by atoms with Crippen molar-refractivity contribution in [1.29, 1.82) is 0 Å². The lowest BCUT2D eigenvalue weighted by Gasteiger charge is -2.34. The van der Waals surface area contributed by atoms with Gasteiger partial charge in [-0.3, -0.25) is 0 Å². The molecule has 1 aromatic heterocycles. The normalized spacial score (nSPS) is 18.8. The van der Waals surface area contributed by atoms with Crippen molar-refractivity contribution in [3.05, 3.63) is 52.5 Å². The van der Waals surface area contributed by atoms with Crippen LogP contribution in [0.4, 0.5) is 22.0 Å². The van der Waals surface area contributed by atoms with Gasteiger partial charge in [0.05, 0.1) is 24.7 Å². The molecule has 222 valence electrons. The second kappa shape index (κ2) is 14.0. The second-order valence-corrected chi connectivity index (χ2v) is 11.4. The van der Waals surface area contributed by atoms with E-state index in [-0.39, 0.29) is 36.6 Å². The number of alkyl halides is 2. The van der Waals surface area contributed by atoms with Crippen LogP contribution in [0.1, 0.15) is 114 Å². The molecule has 2 atom stereocenters. The van der Waals surface area contributed by atoms with Gasteiger partial charge in [-0.05, 0) is 62.0 Å². The smallest absolute Gasteiger partial charge is 0.284 e.